The van der Waals surface area contributed by atoms with Crippen molar-refractivity contribution in [2.75, 3.05) is 0 Å². The van der Waals surface area contributed by atoms with Crippen LogP contribution >= 0.6 is 34.8 Å². The zero-order chi connectivity index (χ0) is 23.3. The van der Waals surface area contributed by atoms with E-state index in [-0.39, 0.29) is 10.9 Å². The highest BCUT2D eigenvalue weighted by atomic mass is 35.5. The van der Waals surface area contributed by atoms with Gasteiger partial charge in [0.15, 0.2) is 0 Å². The molecule has 0 unspecified atom stereocenters. The molecule has 0 aliphatic heterocycles. The molecule has 5 rings (SSSR count). The van der Waals surface area contributed by atoms with Crippen LogP contribution in [0.5, 0.6) is 0 Å². The minimum Gasteiger partial charge on any atom is -0.389 e. The Labute approximate surface area is 206 Å². The Morgan fingerprint density at radius 2 is 1.36 bits per heavy atom. The van der Waals surface area contributed by atoms with Gasteiger partial charge in [-0.25, -0.2) is 13.1 Å². The van der Waals surface area contributed by atoms with Crippen LogP contribution in [0.3, 0.4) is 0 Å². The average molecular weight is 524 g/mol. The summed E-state index contributed by atoms with van der Waals surface area (Å²) < 4.78 is 30.7. The van der Waals surface area contributed by atoms with E-state index in [0.29, 0.717) is 27.9 Å². The van der Waals surface area contributed by atoms with E-state index in [9.17, 15) is 13.5 Å². The maximum Gasteiger partial charge on any atom is 0.240 e. The van der Waals surface area contributed by atoms with Gasteiger partial charge in [0.25, 0.3) is 0 Å². The van der Waals surface area contributed by atoms with Gasteiger partial charge in [0.2, 0.25) is 10.0 Å². The molecule has 172 valence electrons. The van der Waals surface area contributed by atoms with E-state index in [0.717, 1.165) is 28.2 Å². The molecule has 1 heterocycles. The maximum atomic E-state index is 12.9. The van der Waals surface area contributed by atoms with Gasteiger partial charge in [-0.3, -0.25) is 0 Å². The molecule has 0 spiro atoms. The predicted octanol–water partition coefficient (Wildman–Crippen LogP) is 6.19. The fourth-order valence-corrected chi connectivity index (χ4v) is 6.56. The largest absolute Gasteiger partial charge is 0.389 e. The molecule has 9 heteroatoms. The predicted molar refractivity (Wildman–Crippen MR) is 134 cm³/mol. The molecule has 4 aromatic rings. The lowest BCUT2D eigenvalue weighted by atomic mass is 9.88. The van der Waals surface area contributed by atoms with Crippen molar-refractivity contribution in [2.45, 2.75) is 42.3 Å². The molecule has 0 radical (unpaired) electrons. The van der Waals surface area contributed by atoms with Crippen LogP contribution in [0.25, 0.3) is 21.8 Å². The minimum atomic E-state index is -3.81. The molecule has 5 nitrogen and oxygen atoms in total. The lowest BCUT2D eigenvalue weighted by Crippen LogP contribution is -2.49. The summed E-state index contributed by atoms with van der Waals surface area (Å²) in [5, 5.41) is 14.9. The van der Waals surface area contributed by atoms with E-state index in [1.807, 2.05) is 36.4 Å². The number of hydrogen-bond donors (Lipinski definition) is 2. The van der Waals surface area contributed by atoms with Crippen molar-refractivity contribution in [3.05, 3.63) is 75.7 Å². The van der Waals surface area contributed by atoms with Crippen molar-refractivity contribution >= 4 is 66.6 Å². The van der Waals surface area contributed by atoms with Crippen LogP contribution < -0.4 is 4.72 Å². The van der Waals surface area contributed by atoms with Crippen LogP contribution in [0.2, 0.25) is 15.1 Å². The summed E-state index contributed by atoms with van der Waals surface area (Å²) in [7, 11) is -3.81. The fourth-order valence-electron chi connectivity index (χ4n) is 4.80. The number of sulfonamides is 1. The zero-order valence-corrected chi connectivity index (χ0v) is 20.5. The molecule has 0 saturated heterocycles. The van der Waals surface area contributed by atoms with Gasteiger partial charge in [0.05, 0.1) is 23.1 Å². The van der Waals surface area contributed by atoms with Crippen LogP contribution in [0.15, 0.2) is 65.6 Å². The molecule has 1 saturated carbocycles. The monoisotopic (exact) mass is 522 g/mol. The number of aliphatic hydroxyl groups excluding tert-OH is 1. The Balaban J connectivity index is 1.54. The number of nitrogens with one attached hydrogen (secondary N) is 1. The van der Waals surface area contributed by atoms with E-state index in [2.05, 4.69) is 9.29 Å². The first-order valence-corrected chi connectivity index (χ1v) is 13.2. The molecular weight excluding hydrogens is 503 g/mol. The second kappa shape index (κ2) is 8.77. The number of aromatic nitrogens is 1. The highest BCUT2D eigenvalue weighted by Gasteiger charge is 2.37. The Bertz CT molecular complexity index is 1390. The summed E-state index contributed by atoms with van der Waals surface area (Å²) in [4.78, 5) is 0.113. The summed E-state index contributed by atoms with van der Waals surface area (Å²) in [6.45, 7) is 0. The number of rotatable bonds is 4. The van der Waals surface area contributed by atoms with Crippen LogP contribution in [-0.2, 0) is 10.0 Å². The van der Waals surface area contributed by atoms with Gasteiger partial charge in [-0.15, -0.1) is 0 Å². The van der Waals surface area contributed by atoms with Gasteiger partial charge in [-0.05, 0) is 79.9 Å². The molecule has 1 aliphatic carbocycles. The Morgan fingerprint density at radius 1 is 0.818 bits per heavy atom. The van der Waals surface area contributed by atoms with Gasteiger partial charge in [-0.1, -0.05) is 34.8 Å². The molecule has 1 aromatic heterocycles. The van der Waals surface area contributed by atoms with Crippen LogP contribution in [0.4, 0.5) is 0 Å². The third-order valence-electron chi connectivity index (χ3n) is 6.31. The van der Waals surface area contributed by atoms with E-state index in [4.69, 9.17) is 34.8 Å². The summed E-state index contributed by atoms with van der Waals surface area (Å²) >= 11 is 18.4. The summed E-state index contributed by atoms with van der Waals surface area (Å²) in [5.41, 5.74) is 1.84. The normalized spacial score (nSPS) is 21.6. The van der Waals surface area contributed by atoms with Gasteiger partial charge in [0.1, 0.15) is 0 Å². The third-order valence-corrected chi connectivity index (χ3v) is 8.54. The van der Waals surface area contributed by atoms with Crippen molar-refractivity contribution in [2.24, 2.45) is 0 Å². The van der Waals surface area contributed by atoms with Gasteiger partial charge in [-0.2, -0.15) is 0 Å². The Morgan fingerprint density at radius 3 is 1.94 bits per heavy atom. The van der Waals surface area contributed by atoms with E-state index in [1.54, 1.807) is 0 Å². The topological polar surface area (TPSA) is 71.3 Å². The van der Waals surface area contributed by atoms with Crippen molar-refractivity contribution in [3.8, 4) is 0 Å². The second-order valence-corrected chi connectivity index (χ2v) is 11.4. The van der Waals surface area contributed by atoms with E-state index >= 15 is 0 Å². The fraction of sp³-hybridized carbons (Fsp3) is 0.250. The summed E-state index contributed by atoms with van der Waals surface area (Å²) in [5.74, 6) is 0. The molecule has 33 heavy (non-hydrogen) atoms. The van der Waals surface area contributed by atoms with Crippen molar-refractivity contribution < 1.29 is 13.5 Å². The number of hydrogen-bond acceptors (Lipinski definition) is 3. The SMILES string of the molecule is O=S(=O)(N[C@@H]1CCC[C@H](n2c3ccc(Cl)cc3c3cc(Cl)ccc32)[C@H]1O)c1ccc(Cl)cc1. The molecule has 0 bridgehead atoms. The van der Waals surface area contributed by atoms with E-state index < -0.39 is 22.2 Å². The lowest BCUT2D eigenvalue weighted by Gasteiger charge is -2.36. The highest BCUT2D eigenvalue weighted by Crippen LogP contribution is 2.39. The minimum absolute atomic E-state index is 0.113. The standard InChI is InChI=1S/C24H21Cl3N2O3S/c25-14-4-8-17(9-5-14)33(31,32)28-20-2-1-3-23(24(20)30)29-21-10-6-15(26)12-18(21)19-13-16(27)7-11-22(19)29/h4-13,20,23-24,28,30H,1-3H2/t20-,23+,24+/m1/s1. The van der Waals surface area contributed by atoms with Gasteiger partial charge < -0.3 is 9.67 Å². The Kier molecular flexibility index (Phi) is 6.10. The van der Waals surface area contributed by atoms with Crippen molar-refractivity contribution in [1.29, 1.82) is 0 Å². The molecule has 1 fully saturated rings. The molecular formula is C24H21Cl3N2O3S. The average Bonchev–Trinajstić information content (AvgIpc) is 3.08. The number of fused-ring (bicyclic) bond motifs is 3. The molecule has 1 aliphatic rings. The number of aliphatic hydroxyl groups is 1. The zero-order valence-electron chi connectivity index (χ0n) is 17.4. The van der Waals surface area contributed by atoms with E-state index in [1.165, 1.54) is 24.3 Å². The third kappa shape index (κ3) is 4.25. The van der Waals surface area contributed by atoms with Crippen LogP contribution in [0, 0.1) is 0 Å². The van der Waals surface area contributed by atoms with Gasteiger partial charge >= 0.3 is 0 Å². The second-order valence-electron chi connectivity index (χ2n) is 8.36. The first kappa shape index (κ1) is 23.0. The summed E-state index contributed by atoms with van der Waals surface area (Å²) in [6.07, 6.45) is 1.09. The number of benzene rings is 3. The maximum absolute atomic E-state index is 12.9. The first-order chi connectivity index (χ1) is 15.7. The highest BCUT2D eigenvalue weighted by molar-refractivity contribution is 7.89. The first-order valence-electron chi connectivity index (χ1n) is 10.6. The molecule has 3 aromatic carbocycles. The smallest absolute Gasteiger partial charge is 0.240 e. The van der Waals surface area contributed by atoms with Crippen LogP contribution in [-0.4, -0.2) is 30.2 Å². The van der Waals surface area contributed by atoms with Crippen LogP contribution in [0.1, 0.15) is 25.3 Å². The number of nitrogens with zero attached hydrogens (tertiary/aromatic N) is 1. The lowest BCUT2D eigenvalue weighted by molar-refractivity contribution is 0.0547. The Hall–Kier alpha value is -1.80. The quantitative estimate of drug-likeness (QED) is 0.335. The molecule has 3 atom stereocenters. The summed E-state index contributed by atoms with van der Waals surface area (Å²) in [6, 6.07) is 16.3. The molecule has 2 N–H and O–H groups in total. The van der Waals surface area contributed by atoms with Gasteiger partial charge in [0, 0.05) is 36.9 Å². The number of halogens is 3. The van der Waals surface area contributed by atoms with Crippen molar-refractivity contribution in [1.82, 2.24) is 9.29 Å². The molecule has 0 amide bonds. The van der Waals surface area contributed by atoms with Crippen molar-refractivity contribution in [3.63, 3.8) is 0 Å².